The first-order chi connectivity index (χ1) is 12.5. The Bertz CT molecular complexity index is 821. The first kappa shape index (κ1) is 19.8. The van der Waals surface area contributed by atoms with Gasteiger partial charge in [0.1, 0.15) is 0 Å². The summed E-state index contributed by atoms with van der Waals surface area (Å²) in [6.07, 6.45) is 0.837. The number of anilines is 1. The molecule has 0 fully saturated rings. The number of hydrogen-bond donors (Lipinski definition) is 1. The highest BCUT2D eigenvalue weighted by molar-refractivity contribution is 8.00. The van der Waals surface area contributed by atoms with Gasteiger partial charge in [-0.1, -0.05) is 46.4 Å². The average Bonchev–Trinajstić information content (AvgIpc) is 2.86. The van der Waals surface area contributed by atoms with Gasteiger partial charge in [-0.2, -0.15) is 0 Å². The molecule has 0 atom stereocenters. The van der Waals surface area contributed by atoms with E-state index in [0.717, 1.165) is 11.3 Å². The number of carbonyl (C=O) groups excluding carboxylic acids is 1. The molecule has 2 aromatic carbocycles. The van der Waals surface area contributed by atoms with Gasteiger partial charge in [-0.3, -0.25) is 4.79 Å². The molecule has 0 radical (unpaired) electrons. The van der Waals surface area contributed by atoms with Gasteiger partial charge in [0.2, 0.25) is 5.91 Å². The Morgan fingerprint density at radius 3 is 2.35 bits per heavy atom. The number of benzene rings is 2. The summed E-state index contributed by atoms with van der Waals surface area (Å²) < 4.78 is 11.2. The molecule has 0 unspecified atom stereocenters. The van der Waals surface area contributed by atoms with Gasteiger partial charge < -0.3 is 14.8 Å². The maximum absolute atomic E-state index is 12.3. The molecule has 9 heteroatoms. The molecule has 1 aliphatic heterocycles. The molecule has 2 aromatic rings. The molecule has 0 spiro atoms. The fourth-order valence-electron chi connectivity index (χ4n) is 2.24. The molecule has 4 nitrogen and oxygen atoms in total. The number of amides is 1. The van der Waals surface area contributed by atoms with Crippen LogP contribution in [0.3, 0.4) is 0 Å². The largest absolute Gasteiger partial charge is 0.490 e. The zero-order valence-electron chi connectivity index (χ0n) is 13.3. The third-order valence-electron chi connectivity index (χ3n) is 3.47. The van der Waals surface area contributed by atoms with Crippen molar-refractivity contribution in [2.75, 3.05) is 24.3 Å². The number of carbonyl (C=O) groups is 1. The van der Waals surface area contributed by atoms with Gasteiger partial charge in [0.05, 0.1) is 44.7 Å². The van der Waals surface area contributed by atoms with E-state index in [1.165, 1.54) is 17.8 Å². The van der Waals surface area contributed by atoms with Gasteiger partial charge >= 0.3 is 0 Å². The Morgan fingerprint density at radius 1 is 1.00 bits per heavy atom. The second-order valence-electron chi connectivity index (χ2n) is 5.34. The molecule has 0 saturated heterocycles. The summed E-state index contributed by atoms with van der Waals surface area (Å²) in [6.45, 7) is 1.24. The lowest BCUT2D eigenvalue weighted by Gasteiger charge is -2.12. The average molecular weight is 453 g/mol. The highest BCUT2D eigenvalue weighted by atomic mass is 35.5. The van der Waals surface area contributed by atoms with Crippen molar-refractivity contribution in [1.29, 1.82) is 0 Å². The second kappa shape index (κ2) is 8.81. The van der Waals surface area contributed by atoms with Gasteiger partial charge in [0.15, 0.2) is 11.5 Å². The van der Waals surface area contributed by atoms with Crippen LogP contribution in [0.2, 0.25) is 20.1 Å². The van der Waals surface area contributed by atoms with Crippen molar-refractivity contribution >= 4 is 69.8 Å². The van der Waals surface area contributed by atoms with Crippen molar-refractivity contribution in [1.82, 2.24) is 0 Å². The van der Waals surface area contributed by atoms with Crippen molar-refractivity contribution in [3.8, 4) is 11.5 Å². The number of hydrogen-bond acceptors (Lipinski definition) is 4. The predicted octanol–water partition coefficient (Wildman–Crippen LogP) is 6.19. The standard InChI is InChI=1S/C17H13Cl4NO3S/c18-10-7-11(19)16(21)17(15(10)20)22-14(23)8-26-9-2-3-12-13(6-9)25-5-1-4-24-12/h2-3,6-7H,1,4-5,8H2,(H,22,23). The van der Waals surface area contributed by atoms with E-state index in [0.29, 0.717) is 24.7 Å². The van der Waals surface area contributed by atoms with Gasteiger partial charge in [0, 0.05) is 11.3 Å². The molecule has 1 heterocycles. The maximum atomic E-state index is 12.3. The van der Waals surface area contributed by atoms with Crippen LogP contribution in [0.15, 0.2) is 29.2 Å². The Kier molecular flexibility index (Phi) is 6.70. The fourth-order valence-corrected chi connectivity index (χ4v) is 3.87. The Balaban J connectivity index is 1.66. The van der Waals surface area contributed by atoms with Crippen LogP contribution in [0.4, 0.5) is 5.69 Å². The SMILES string of the molecule is O=C(CSc1ccc2c(c1)OCCCO2)Nc1c(Cl)c(Cl)cc(Cl)c1Cl. The van der Waals surface area contributed by atoms with Crippen LogP contribution >= 0.6 is 58.2 Å². The minimum absolute atomic E-state index is 0.148. The number of thioether (sulfide) groups is 1. The van der Waals surface area contributed by atoms with E-state index >= 15 is 0 Å². The van der Waals surface area contributed by atoms with Crippen LogP contribution in [0.1, 0.15) is 6.42 Å². The van der Waals surface area contributed by atoms with Crippen LogP contribution < -0.4 is 14.8 Å². The van der Waals surface area contributed by atoms with E-state index < -0.39 is 0 Å². The maximum Gasteiger partial charge on any atom is 0.234 e. The lowest BCUT2D eigenvalue weighted by molar-refractivity contribution is -0.113. The van der Waals surface area contributed by atoms with E-state index in [-0.39, 0.29) is 37.4 Å². The van der Waals surface area contributed by atoms with E-state index in [4.69, 9.17) is 55.9 Å². The zero-order chi connectivity index (χ0) is 18.7. The van der Waals surface area contributed by atoms with Gasteiger partial charge in [-0.05, 0) is 24.3 Å². The summed E-state index contributed by atoms with van der Waals surface area (Å²) >= 11 is 25.5. The van der Waals surface area contributed by atoms with Crippen molar-refractivity contribution in [3.05, 3.63) is 44.4 Å². The number of fused-ring (bicyclic) bond motifs is 1. The van der Waals surface area contributed by atoms with Crippen molar-refractivity contribution in [2.24, 2.45) is 0 Å². The number of halogens is 4. The van der Waals surface area contributed by atoms with E-state index in [9.17, 15) is 4.79 Å². The molecule has 0 aliphatic carbocycles. The van der Waals surface area contributed by atoms with E-state index in [1.807, 2.05) is 18.2 Å². The van der Waals surface area contributed by atoms with Gasteiger partial charge in [0.25, 0.3) is 0 Å². The normalized spacial score (nSPS) is 13.2. The Morgan fingerprint density at radius 2 is 1.65 bits per heavy atom. The van der Waals surface area contributed by atoms with Crippen molar-refractivity contribution in [2.45, 2.75) is 11.3 Å². The number of nitrogens with one attached hydrogen (secondary N) is 1. The quantitative estimate of drug-likeness (QED) is 0.443. The monoisotopic (exact) mass is 451 g/mol. The second-order valence-corrected chi connectivity index (χ2v) is 7.96. The van der Waals surface area contributed by atoms with Crippen molar-refractivity contribution < 1.29 is 14.3 Å². The first-order valence-corrected chi connectivity index (χ1v) is 10.1. The Hall–Kier alpha value is -0.980. The molecule has 1 aliphatic rings. The molecule has 3 rings (SSSR count). The fraction of sp³-hybridized carbons (Fsp3) is 0.235. The summed E-state index contributed by atoms with van der Waals surface area (Å²) in [5.74, 6) is 1.25. The lowest BCUT2D eigenvalue weighted by Crippen LogP contribution is -2.15. The van der Waals surface area contributed by atoms with E-state index in [1.54, 1.807) is 0 Å². The summed E-state index contributed by atoms with van der Waals surface area (Å²) in [5.41, 5.74) is 0.204. The molecular formula is C17H13Cl4NO3S. The van der Waals surface area contributed by atoms with Gasteiger partial charge in [-0.25, -0.2) is 0 Å². The number of ether oxygens (including phenoxy) is 2. The third kappa shape index (κ3) is 4.65. The molecule has 26 heavy (non-hydrogen) atoms. The number of rotatable bonds is 4. The third-order valence-corrected chi connectivity index (χ3v) is 6.03. The minimum Gasteiger partial charge on any atom is -0.490 e. The molecular weight excluding hydrogens is 440 g/mol. The predicted molar refractivity (Wildman–Crippen MR) is 108 cm³/mol. The first-order valence-electron chi connectivity index (χ1n) is 7.61. The summed E-state index contributed by atoms with van der Waals surface area (Å²) in [4.78, 5) is 13.1. The smallest absolute Gasteiger partial charge is 0.234 e. The summed E-state index contributed by atoms with van der Waals surface area (Å²) in [7, 11) is 0. The van der Waals surface area contributed by atoms with Crippen LogP contribution in [0, 0.1) is 0 Å². The minimum atomic E-state index is -0.288. The highest BCUT2D eigenvalue weighted by Gasteiger charge is 2.17. The van der Waals surface area contributed by atoms with Crippen LogP contribution in [0.5, 0.6) is 11.5 Å². The van der Waals surface area contributed by atoms with Crippen molar-refractivity contribution in [3.63, 3.8) is 0 Å². The topological polar surface area (TPSA) is 47.6 Å². The summed E-state index contributed by atoms with van der Waals surface area (Å²) in [5, 5.41) is 3.38. The van der Waals surface area contributed by atoms with E-state index in [2.05, 4.69) is 5.32 Å². The molecule has 0 saturated carbocycles. The Labute approximate surface area is 175 Å². The molecule has 0 aromatic heterocycles. The summed E-state index contributed by atoms with van der Waals surface area (Å²) in [6, 6.07) is 7.00. The highest BCUT2D eigenvalue weighted by Crippen LogP contribution is 2.41. The van der Waals surface area contributed by atoms with Crippen LogP contribution in [-0.4, -0.2) is 24.9 Å². The zero-order valence-corrected chi connectivity index (χ0v) is 17.1. The van der Waals surface area contributed by atoms with Crippen LogP contribution in [-0.2, 0) is 4.79 Å². The lowest BCUT2D eigenvalue weighted by atomic mass is 10.3. The molecule has 1 N–H and O–H groups in total. The molecule has 0 bridgehead atoms. The van der Waals surface area contributed by atoms with Crippen LogP contribution in [0.25, 0.3) is 0 Å². The molecule has 138 valence electrons. The molecule has 1 amide bonds. The van der Waals surface area contributed by atoms with Gasteiger partial charge in [-0.15, -0.1) is 11.8 Å².